The van der Waals surface area contributed by atoms with E-state index in [4.69, 9.17) is 0 Å². The molecule has 1 aromatic heterocycles. The molecule has 3 rings (SSSR count). The third-order valence-electron chi connectivity index (χ3n) is 3.00. The number of hydrogen-bond acceptors (Lipinski definition) is 4. The first-order chi connectivity index (χ1) is 9.31. The lowest BCUT2D eigenvalue weighted by Gasteiger charge is -2.09. The van der Waals surface area contributed by atoms with Crippen LogP contribution in [0.2, 0.25) is 0 Å². The van der Waals surface area contributed by atoms with Gasteiger partial charge in [0.2, 0.25) is 0 Å². The predicted octanol–water partition coefficient (Wildman–Crippen LogP) is 1.61. The second kappa shape index (κ2) is 5.14. The van der Waals surface area contributed by atoms with E-state index in [0.717, 1.165) is 37.1 Å². The Hall–Kier alpha value is -2.30. The molecule has 0 aliphatic carbocycles. The van der Waals surface area contributed by atoms with Crippen molar-refractivity contribution in [3.63, 3.8) is 0 Å². The van der Waals surface area contributed by atoms with Gasteiger partial charge >= 0.3 is 0 Å². The molecular formula is C14H17N5. The van der Waals surface area contributed by atoms with Crippen molar-refractivity contribution in [3.8, 4) is 0 Å². The van der Waals surface area contributed by atoms with Crippen LogP contribution < -0.4 is 10.6 Å². The van der Waals surface area contributed by atoms with E-state index in [1.54, 1.807) is 0 Å². The van der Waals surface area contributed by atoms with E-state index in [0.29, 0.717) is 0 Å². The van der Waals surface area contributed by atoms with Gasteiger partial charge in [-0.1, -0.05) is 30.3 Å². The van der Waals surface area contributed by atoms with Gasteiger partial charge in [0.25, 0.3) is 0 Å². The average molecular weight is 255 g/mol. The molecule has 2 heterocycles. The summed E-state index contributed by atoms with van der Waals surface area (Å²) in [7, 11) is 0. The van der Waals surface area contributed by atoms with Gasteiger partial charge in [-0.05, 0) is 12.5 Å². The third-order valence-corrected chi connectivity index (χ3v) is 3.00. The number of benzene rings is 1. The fourth-order valence-electron chi connectivity index (χ4n) is 2.13. The molecule has 1 aromatic carbocycles. The van der Waals surface area contributed by atoms with Crippen molar-refractivity contribution in [3.05, 3.63) is 47.7 Å². The van der Waals surface area contributed by atoms with Gasteiger partial charge in [0.15, 0.2) is 5.96 Å². The number of rotatable bonds is 3. The van der Waals surface area contributed by atoms with Crippen LogP contribution in [0.25, 0.3) is 0 Å². The zero-order chi connectivity index (χ0) is 13.1. The molecule has 0 bridgehead atoms. The number of aliphatic imine (C=N–C) groups is 1. The Morgan fingerprint density at radius 1 is 1.32 bits per heavy atom. The summed E-state index contributed by atoms with van der Waals surface area (Å²) < 4.78 is 1.97. The highest BCUT2D eigenvalue weighted by molar-refractivity contribution is 5.93. The summed E-state index contributed by atoms with van der Waals surface area (Å²) in [6.07, 6.45) is 0. The monoisotopic (exact) mass is 255 g/mol. The average Bonchev–Trinajstić information content (AvgIpc) is 3.02. The summed E-state index contributed by atoms with van der Waals surface area (Å²) in [5.41, 5.74) is 2.23. The van der Waals surface area contributed by atoms with E-state index in [2.05, 4.69) is 32.9 Å². The fraction of sp³-hybridized carbons (Fsp3) is 0.286. The van der Waals surface area contributed by atoms with Crippen molar-refractivity contribution in [1.82, 2.24) is 15.1 Å². The molecule has 5 nitrogen and oxygen atoms in total. The molecule has 0 unspecified atom stereocenters. The lowest BCUT2D eigenvalue weighted by Crippen LogP contribution is -2.27. The van der Waals surface area contributed by atoms with Crippen molar-refractivity contribution in [2.75, 3.05) is 18.4 Å². The van der Waals surface area contributed by atoms with Crippen LogP contribution in [0.5, 0.6) is 0 Å². The maximum Gasteiger partial charge on any atom is 0.197 e. The first-order valence-electron chi connectivity index (χ1n) is 6.45. The molecule has 98 valence electrons. The Kier molecular flexibility index (Phi) is 3.18. The highest BCUT2D eigenvalue weighted by Crippen LogP contribution is 2.13. The van der Waals surface area contributed by atoms with E-state index in [9.17, 15) is 0 Å². The smallest absolute Gasteiger partial charge is 0.197 e. The lowest BCUT2D eigenvalue weighted by atomic mass is 10.2. The molecular weight excluding hydrogens is 238 g/mol. The van der Waals surface area contributed by atoms with Crippen LogP contribution >= 0.6 is 0 Å². The van der Waals surface area contributed by atoms with Crippen LogP contribution in [0.4, 0.5) is 5.82 Å². The quantitative estimate of drug-likeness (QED) is 0.876. The number of nitrogens with one attached hydrogen (secondary N) is 2. The molecule has 0 saturated carbocycles. The molecule has 2 N–H and O–H groups in total. The highest BCUT2D eigenvalue weighted by atomic mass is 15.4. The normalized spacial score (nSPS) is 14.1. The van der Waals surface area contributed by atoms with Crippen LogP contribution in [-0.2, 0) is 6.54 Å². The molecule has 1 aliphatic heterocycles. The van der Waals surface area contributed by atoms with Crippen molar-refractivity contribution in [1.29, 1.82) is 0 Å². The summed E-state index contributed by atoms with van der Waals surface area (Å²) in [6, 6.07) is 12.3. The molecule has 0 radical (unpaired) electrons. The van der Waals surface area contributed by atoms with Gasteiger partial charge in [0.05, 0.1) is 18.8 Å². The number of aromatic nitrogens is 2. The number of aryl methyl sites for hydroxylation is 1. The number of anilines is 1. The molecule has 1 aliphatic rings. The second-order valence-electron chi connectivity index (χ2n) is 4.60. The van der Waals surface area contributed by atoms with Gasteiger partial charge in [-0.3, -0.25) is 4.99 Å². The Bertz CT molecular complexity index is 585. The molecule has 0 atom stereocenters. The molecule has 0 fully saturated rings. The number of hydrogen-bond donors (Lipinski definition) is 2. The van der Waals surface area contributed by atoms with E-state index in [-0.39, 0.29) is 0 Å². The molecule has 2 aromatic rings. The van der Waals surface area contributed by atoms with Crippen molar-refractivity contribution in [2.24, 2.45) is 4.99 Å². The molecule has 19 heavy (non-hydrogen) atoms. The van der Waals surface area contributed by atoms with Gasteiger partial charge in [-0.2, -0.15) is 5.10 Å². The van der Waals surface area contributed by atoms with Crippen LogP contribution in [0.1, 0.15) is 11.3 Å². The number of nitrogens with zero attached hydrogens (tertiary/aromatic N) is 3. The maximum atomic E-state index is 4.52. The summed E-state index contributed by atoms with van der Waals surface area (Å²) in [5.74, 6) is 1.80. The van der Waals surface area contributed by atoms with Crippen LogP contribution in [0.15, 0.2) is 41.4 Å². The summed E-state index contributed by atoms with van der Waals surface area (Å²) in [4.78, 5) is 4.34. The van der Waals surface area contributed by atoms with Gasteiger partial charge in [0.1, 0.15) is 5.82 Å². The predicted molar refractivity (Wildman–Crippen MR) is 76.4 cm³/mol. The largest absolute Gasteiger partial charge is 0.354 e. The van der Waals surface area contributed by atoms with Crippen molar-refractivity contribution in [2.45, 2.75) is 13.5 Å². The minimum absolute atomic E-state index is 0.754. The molecule has 0 spiro atoms. The van der Waals surface area contributed by atoms with E-state index < -0.39 is 0 Å². The standard InChI is InChI=1S/C14H17N5/c1-11-9-13(17-14-15-7-8-16-14)19(18-11)10-12-5-3-2-4-6-12/h2-6,9H,7-8,10H2,1H3,(H2,15,16,17). The highest BCUT2D eigenvalue weighted by Gasteiger charge is 2.10. The van der Waals surface area contributed by atoms with E-state index in [1.807, 2.05) is 35.9 Å². The van der Waals surface area contributed by atoms with Crippen molar-refractivity contribution < 1.29 is 0 Å². The SMILES string of the molecule is Cc1cc(NC2=NCCN2)n(Cc2ccccc2)n1. The summed E-state index contributed by atoms with van der Waals surface area (Å²) >= 11 is 0. The van der Waals surface area contributed by atoms with Gasteiger partial charge < -0.3 is 10.6 Å². The zero-order valence-electron chi connectivity index (χ0n) is 10.9. The topological polar surface area (TPSA) is 54.2 Å². The first-order valence-corrected chi connectivity index (χ1v) is 6.45. The Labute approximate surface area is 112 Å². The van der Waals surface area contributed by atoms with Gasteiger partial charge in [0, 0.05) is 12.6 Å². The van der Waals surface area contributed by atoms with E-state index >= 15 is 0 Å². The molecule has 0 saturated heterocycles. The van der Waals surface area contributed by atoms with Crippen LogP contribution in [-0.4, -0.2) is 28.8 Å². The summed E-state index contributed by atoms with van der Waals surface area (Å²) in [5, 5.41) is 11.0. The number of guanidine groups is 1. The van der Waals surface area contributed by atoms with Gasteiger partial charge in [-0.25, -0.2) is 4.68 Å². The van der Waals surface area contributed by atoms with Gasteiger partial charge in [-0.15, -0.1) is 0 Å². The minimum Gasteiger partial charge on any atom is -0.354 e. The Morgan fingerprint density at radius 2 is 2.16 bits per heavy atom. The Morgan fingerprint density at radius 3 is 2.89 bits per heavy atom. The summed E-state index contributed by atoms with van der Waals surface area (Å²) in [6.45, 7) is 4.48. The lowest BCUT2D eigenvalue weighted by molar-refractivity contribution is 0.688. The Balaban J connectivity index is 1.80. The zero-order valence-corrected chi connectivity index (χ0v) is 10.9. The van der Waals surface area contributed by atoms with Crippen molar-refractivity contribution >= 4 is 11.8 Å². The van der Waals surface area contributed by atoms with E-state index in [1.165, 1.54) is 5.56 Å². The molecule has 5 heteroatoms. The maximum absolute atomic E-state index is 4.52. The second-order valence-corrected chi connectivity index (χ2v) is 4.60. The van der Waals surface area contributed by atoms with Crippen LogP contribution in [0, 0.1) is 6.92 Å². The minimum atomic E-state index is 0.754. The molecule has 0 amide bonds. The van der Waals surface area contributed by atoms with Crippen LogP contribution in [0.3, 0.4) is 0 Å². The third kappa shape index (κ3) is 2.76. The first kappa shape index (κ1) is 11.8. The fourth-order valence-corrected chi connectivity index (χ4v) is 2.13.